The van der Waals surface area contributed by atoms with Crippen LogP contribution in [0.2, 0.25) is 0 Å². The number of aryl methyl sites for hydroxylation is 1. The number of pyridine rings is 1. The molecule has 134 valence electrons. The molecule has 0 spiro atoms. The predicted molar refractivity (Wildman–Crippen MR) is 104 cm³/mol. The monoisotopic (exact) mass is 355 g/mol. The van der Waals surface area contributed by atoms with Crippen LogP contribution in [-0.4, -0.2) is 30.5 Å². The fourth-order valence-corrected chi connectivity index (χ4v) is 5.04. The first-order valence-corrected chi connectivity index (χ1v) is 9.70. The molecule has 2 aliphatic heterocycles. The molecule has 1 fully saturated rings. The molecule has 2 atom stereocenters. The van der Waals surface area contributed by atoms with Gasteiger partial charge in [-0.2, -0.15) is 5.10 Å². The van der Waals surface area contributed by atoms with Crippen LogP contribution in [0.25, 0.3) is 16.6 Å². The van der Waals surface area contributed by atoms with Gasteiger partial charge in [-0.15, -0.1) is 0 Å². The fraction of sp³-hybridized carbons (Fsp3) is 0.318. The van der Waals surface area contributed by atoms with Crippen LogP contribution in [0.15, 0.2) is 48.8 Å². The van der Waals surface area contributed by atoms with Crippen molar-refractivity contribution in [3.05, 3.63) is 71.3 Å². The molecular formula is C22H21N5. The maximum Gasteiger partial charge on any atom is 0.155 e. The summed E-state index contributed by atoms with van der Waals surface area (Å²) in [6.07, 6.45) is 7.46. The van der Waals surface area contributed by atoms with Crippen molar-refractivity contribution in [1.29, 1.82) is 0 Å². The van der Waals surface area contributed by atoms with Crippen molar-refractivity contribution in [3.63, 3.8) is 0 Å². The van der Waals surface area contributed by atoms with Crippen molar-refractivity contribution in [3.8, 4) is 0 Å². The third-order valence-corrected chi connectivity index (χ3v) is 6.24. The molecule has 2 bridgehead atoms. The maximum absolute atomic E-state index is 4.70. The second-order valence-electron chi connectivity index (χ2n) is 7.83. The first kappa shape index (κ1) is 15.3. The van der Waals surface area contributed by atoms with E-state index < -0.39 is 0 Å². The molecule has 4 aromatic rings. The Kier molecular flexibility index (Phi) is 3.17. The minimum Gasteiger partial charge on any atom is -0.289 e. The molecule has 0 amide bonds. The van der Waals surface area contributed by atoms with E-state index in [-0.39, 0.29) is 0 Å². The molecule has 0 N–H and O–H groups in total. The lowest BCUT2D eigenvalue weighted by molar-refractivity contribution is 0.165. The van der Waals surface area contributed by atoms with Crippen LogP contribution in [0.4, 0.5) is 0 Å². The Balaban J connectivity index is 1.42. The van der Waals surface area contributed by atoms with Crippen molar-refractivity contribution < 1.29 is 0 Å². The van der Waals surface area contributed by atoms with Gasteiger partial charge in [0.25, 0.3) is 0 Å². The van der Waals surface area contributed by atoms with Crippen LogP contribution in [0, 0.1) is 6.92 Å². The zero-order chi connectivity index (χ0) is 18.0. The van der Waals surface area contributed by atoms with Crippen LogP contribution < -0.4 is 0 Å². The van der Waals surface area contributed by atoms with Gasteiger partial charge in [0.1, 0.15) is 0 Å². The molecule has 0 saturated carbocycles. The lowest BCUT2D eigenvalue weighted by Crippen LogP contribution is -2.38. The Morgan fingerprint density at radius 3 is 3.00 bits per heavy atom. The molecule has 5 heterocycles. The number of fused-ring (bicyclic) bond motifs is 7. The maximum atomic E-state index is 4.70. The third kappa shape index (κ3) is 2.24. The average Bonchev–Trinajstić information content (AvgIpc) is 3.20. The van der Waals surface area contributed by atoms with Gasteiger partial charge < -0.3 is 0 Å². The lowest BCUT2D eigenvalue weighted by atomic mass is 9.98. The van der Waals surface area contributed by atoms with E-state index in [1.165, 1.54) is 35.0 Å². The first-order valence-electron chi connectivity index (χ1n) is 9.70. The normalized spacial score (nSPS) is 21.8. The number of nitrogens with zero attached hydrogens (tertiary/aromatic N) is 5. The van der Waals surface area contributed by atoms with Gasteiger partial charge in [-0.05, 0) is 31.4 Å². The van der Waals surface area contributed by atoms with Crippen LogP contribution in [0.1, 0.15) is 41.4 Å². The SMILES string of the molecule is Cc1cc2ncc3c(n2n1)C[C@H]1CC[C@H]3N1Cc1cccc2cccnc12. The minimum absolute atomic E-state index is 0.430. The highest BCUT2D eigenvalue weighted by atomic mass is 15.3. The zero-order valence-corrected chi connectivity index (χ0v) is 15.3. The van der Waals surface area contributed by atoms with Crippen LogP contribution in [-0.2, 0) is 13.0 Å². The summed E-state index contributed by atoms with van der Waals surface area (Å²) >= 11 is 0. The molecule has 5 heteroatoms. The second kappa shape index (κ2) is 5.60. The quantitative estimate of drug-likeness (QED) is 0.548. The van der Waals surface area contributed by atoms with E-state index in [0.29, 0.717) is 12.1 Å². The second-order valence-corrected chi connectivity index (χ2v) is 7.83. The summed E-state index contributed by atoms with van der Waals surface area (Å²) in [5.74, 6) is 0. The molecule has 0 aliphatic carbocycles. The van der Waals surface area contributed by atoms with Crippen molar-refractivity contribution >= 4 is 16.6 Å². The van der Waals surface area contributed by atoms with Gasteiger partial charge in [-0.25, -0.2) is 9.50 Å². The number of hydrogen-bond acceptors (Lipinski definition) is 4. The van der Waals surface area contributed by atoms with Crippen molar-refractivity contribution in [2.75, 3.05) is 0 Å². The molecule has 5 nitrogen and oxygen atoms in total. The summed E-state index contributed by atoms with van der Waals surface area (Å²) in [5.41, 5.74) is 7.16. The Bertz CT molecular complexity index is 1170. The highest BCUT2D eigenvalue weighted by molar-refractivity contribution is 5.81. The molecule has 1 saturated heterocycles. The van der Waals surface area contributed by atoms with Gasteiger partial charge >= 0.3 is 0 Å². The standard InChI is InChI=1S/C22H21N5/c1-14-10-21-24-12-18-19-8-7-17(11-20(18)27(21)25-14)26(19)13-16-5-2-4-15-6-3-9-23-22(15)16/h2-6,9-10,12,17,19H,7-8,11,13H2,1H3/t17-,19-/m1/s1. The van der Waals surface area contributed by atoms with Crippen molar-refractivity contribution in [2.24, 2.45) is 0 Å². The number of hydrogen-bond donors (Lipinski definition) is 0. The van der Waals surface area contributed by atoms with E-state index >= 15 is 0 Å². The molecule has 3 aromatic heterocycles. The minimum atomic E-state index is 0.430. The van der Waals surface area contributed by atoms with Crippen LogP contribution in [0.3, 0.4) is 0 Å². The number of benzene rings is 1. The van der Waals surface area contributed by atoms with Gasteiger partial charge in [0.15, 0.2) is 5.65 Å². The molecular weight excluding hydrogens is 334 g/mol. The molecule has 1 aromatic carbocycles. The summed E-state index contributed by atoms with van der Waals surface area (Å²) in [4.78, 5) is 12.0. The van der Waals surface area contributed by atoms with E-state index in [9.17, 15) is 0 Å². The van der Waals surface area contributed by atoms with Crippen LogP contribution >= 0.6 is 0 Å². The molecule has 2 aliphatic rings. The summed E-state index contributed by atoms with van der Waals surface area (Å²) in [6, 6.07) is 13.7. The number of para-hydroxylation sites is 1. The first-order chi connectivity index (χ1) is 13.3. The van der Waals surface area contributed by atoms with E-state index in [1.807, 2.05) is 19.2 Å². The van der Waals surface area contributed by atoms with E-state index in [1.54, 1.807) is 0 Å². The van der Waals surface area contributed by atoms with Gasteiger partial charge in [0.2, 0.25) is 0 Å². The van der Waals surface area contributed by atoms with E-state index in [2.05, 4.69) is 55.9 Å². The van der Waals surface area contributed by atoms with Crippen LogP contribution in [0.5, 0.6) is 0 Å². The summed E-state index contributed by atoms with van der Waals surface area (Å²) in [5, 5.41) is 5.92. The van der Waals surface area contributed by atoms with E-state index in [4.69, 9.17) is 5.10 Å². The van der Waals surface area contributed by atoms with Gasteiger partial charge in [-0.1, -0.05) is 24.3 Å². The summed E-state index contributed by atoms with van der Waals surface area (Å²) in [6.45, 7) is 2.98. The Hall–Kier alpha value is -2.79. The highest BCUT2D eigenvalue weighted by Crippen LogP contribution is 2.44. The largest absolute Gasteiger partial charge is 0.289 e. The van der Waals surface area contributed by atoms with Gasteiger partial charge in [0, 0.05) is 54.5 Å². The van der Waals surface area contributed by atoms with E-state index in [0.717, 1.165) is 29.8 Å². The molecule has 6 rings (SSSR count). The summed E-state index contributed by atoms with van der Waals surface area (Å²) in [7, 11) is 0. The van der Waals surface area contributed by atoms with Crippen molar-refractivity contribution in [2.45, 2.75) is 44.8 Å². The topological polar surface area (TPSA) is 46.3 Å². The lowest BCUT2D eigenvalue weighted by Gasteiger charge is -2.36. The number of rotatable bonds is 2. The number of aromatic nitrogens is 4. The highest BCUT2D eigenvalue weighted by Gasteiger charge is 2.41. The molecule has 0 unspecified atom stereocenters. The fourth-order valence-electron chi connectivity index (χ4n) is 5.04. The smallest absolute Gasteiger partial charge is 0.155 e. The van der Waals surface area contributed by atoms with Crippen molar-refractivity contribution in [1.82, 2.24) is 24.5 Å². The predicted octanol–water partition coefficient (Wildman–Crippen LogP) is 3.85. The Morgan fingerprint density at radius 2 is 2.04 bits per heavy atom. The van der Waals surface area contributed by atoms with Gasteiger partial charge in [-0.3, -0.25) is 9.88 Å². The zero-order valence-electron chi connectivity index (χ0n) is 15.3. The summed E-state index contributed by atoms with van der Waals surface area (Å²) < 4.78 is 2.08. The van der Waals surface area contributed by atoms with Gasteiger partial charge in [0.05, 0.1) is 16.9 Å². The third-order valence-electron chi connectivity index (χ3n) is 6.24. The molecule has 27 heavy (non-hydrogen) atoms. The molecule has 0 radical (unpaired) electrons. The Morgan fingerprint density at radius 1 is 1.11 bits per heavy atom. The Labute approximate surface area is 157 Å². The average molecular weight is 355 g/mol.